The molecule has 3 rings (SSSR count). The Kier molecular flexibility index (Phi) is 3.64. The molecule has 1 saturated carbocycles. The Hall–Kier alpha value is -1.96. The summed E-state index contributed by atoms with van der Waals surface area (Å²) in [6, 6.07) is 13.7. The molecule has 0 amide bonds. The molecule has 0 aliphatic heterocycles. The zero-order chi connectivity index (χ0) is 13.9. The minimum atomic E-state index is 0.229. The molecule has 0 heterocycles. The van der Waals surface area contributed by atoms with E-state index in [1.807, 2.05) is 18.2 Å². The van der Waals surface area contributed by atoms with Crippen molar-refractivity contribution in [3.63, 3.8) is 0 Å². The quantitative estimate of drug-likeness (QED) is 0.834. The van der Waals surface area contributed by atoms with E-state index in [2.05, 4.69) is 6.07 Å². The van der Waals surface area contributed by atoms with Gasteiger partial charge in [0.1, 0.15) is 11.5 Å². The summed E-state index contributed by atoms with van der Waals surface area (Å²) in [6.07, 6.45) is 6.06. The third-order valence-electron chi connectivity index (χ3n) is 4.23. The molecule has 2 aromatic carbocycles. The zero-order valence-electron chi connectivity index (χ0n) is 11.5. The van der Waals surface area contributed by atoms with Crippen LogP contribution in [0.25, 0.3) is 11.1 Å². The maximum Gasteiger partial charge on any atom is 0.124 e. The molecule has 2 N–H and O–H groups in total. The third kappa shape index (κ3) is 2.51. The molecule has 0 atom stereocenters. The summed E-state index contributed by atoms with van der Waals surface area (Å²) in [7, 11) is 0. The Bertz CT molecular complexity index is 598. The second-order valence-corrected chi connectivity index (χ2v) is 5.55. The van der Waals surface area contributed by atoms with Crippen LogP contribution in [0.15, 0.2) is 36.4 Å². The first-order valence-corrected chi connectivity index (χ1v) is 7.28. The van der Waals surface area contributed by atoms with Gasteiger partial charge in [0.15, 0.2) is 0 Å². The fraction of sp³-hybridized carbons (Fsp3) is 0.333. The van der Waals surface area contributed by atoms with E-state index < -0.39 is 0 Å². The molecule has 2 heteroatoms. The fourth-order valence-electron chi connectivity index (χ4n) is 3.13. The summed E-state index contributed by atoms with van der Waals surface area (Å²) in [5.41, 5.74) is 2.77. The van der Waals surface area contributed by atoms with Crippen molar-refractivity contribution in [2.45, 2.75) is 38.0 Å². The SMILES string of the molecule is Oc1c[c]ccc1-c1ccc(O)c(C2CCCCC2)c1. The average Bonchev–Trinajstić information content (AvgIpc) is 2.49. The van der Waals surface area contributed by atoms with E-state index in [1.165, 1.54) is 19.3 Å². The fourth-order valence-corrected chi connectivity index (χ4v) is 3.13. The minimum Gasteiger partial charge on any atom is -0.508 e. The van der Waals surface area contributed by atoms with E-state index in [1.54, 1.807) is 18.2 Å². The normalized spacial score (nSPS) is 16.2. The summed E-state index contributed by atoms with van der Waals surface area (Å²) in [4.78, 5) is 0. The molecule has 0 saturated heterocycles. The van der Waals surface area contributed by atoms with Gasteiger partial charge in [0.25, 0.3) is 0 Å². The summed E-state index contributed by atoms with van der Waals surface area (Å²) in [5.74, 6) is 1.05. The molecule has 1 aliphatic carbocycles. The monoisotopic (exact) mass is 267 g/mol. The van der Waals surface area contributed by atoms with Crippen LogP contribution in [0, 0.1) is 6.07 Å². The largest absolute Gasteiger partial charge is 0.508 e. The zero-order valence-corrected chi connectivity index (χ0v) is 11.5. The van der Waals surface area contributed by atoms with Crippen LogP contribution in [0.5, 0.6) is 11.5 Å². The highest BCUT2D eigenvalue weighted by molar-refractivity contribution is 5.71. The van der Waals surface area contributed by atoms with Crippen LogP contribution < -0.4 is 0 Å². The van der Waals surface area contributed by atoms with Gasteiger partial charge in [-0.25, -0.2) is 0 Å². The van der Waals surface area contributed by atoms with E-state index in [9.17, 15) is 10.2 Å². The van der Waals surface area contributed by atoms with E-state index in [4.69, 9.17) is 0 Å². The molecule has 103 valence electrons. The van der Waals surface area contributed by atoms with Gasteiger partial charge in [-0.2, -0.15) is 0 Å². The molecule has 1 fully saturated rings. The number of phenolic OH excluding ortho intramolecular Hbond substituents is 2. The van der Waals surface area contributed by atoms with Crippen molar-refractivity contribution >= 4 is 0 Å². The van der Waals surface area contributed by atoms with Gasteiger partial charge in [0.05, 0.1) is 0 Å². The smallest absolute Gasteiger partial charge is 0.124 e. The van der Waals surface area contributed by atoms with E-state index in [0.29, 0.717) is 11.7 Å². The van der Waals surface area contributed by atoms with Gasteiger partial charge in [-0.1, -0.05) is 37.5 Å². The molecule has 2 aromatic rings. The van der Waals surface area contributed by atoms with Gasteiger partial charge < -0.3 is 10.2 Å². The van der Waals surface area contributed by atoms with Gasteiger partial charge in [-0.15, -0.1) is 0 Å². The van der Waals surface area contributed by atoms with Crippen molar-refractivity contribution in [2.75, 3.05) is 0 Å². The molecule has 1 aliphatic rings. The Morgan fingerprint density at radius 2 is 1.75 bits per heavy atom. The Balaban J connectivity index is 2.00. The standard InChI is InChI=1S/C18H19O2/c19-17-9-5-4-8-15(17)14-10-11-18(20)16(12-14)13-6-2-1-3-7-13/h4,8-13,19-20H,1-3,6-7H2. The lowest BCUT2D eigenvalue weighted by Crippen LogP contribution is -2.04. The Labute approximate surface area is 119 Å². The number of benzene rings is 2. The van der Waals surface area contributed by atoms with Gasteiger partial charge in [0.2, 0.25) is 0 Å². The molecule has 1 radical (unpaired) electrons. The number of aromatic hydroxyl groups is 2. The molecule has 2 nitrogen and oxygen atoms in total. The van der Waals surface area contributed by atoms with Crippen molar-refractivity contribution in [1.29, 1.82) is 0 Å². The maximum atomic E-state index is 10.1. The lowest BCUT2D eigenvalue weighted by atomic mass is 9.82. The topological polar surface area (TPSA) is 40.5 Å². The molecule has 0 bridgehead atoms. The van der Waals surface area contributed by atoms with Crippen LogP contribution in [0.1, 0.15) is 43.6 Å². The predicted molar refractivity (Wildman–Crippen MR) is 79.9 cm³/mol. The summed E-state index contributed by atoms with van der Waals surface area (Å²) >= 11 is 0. The van der Waals surface area contributed by atoms with Crippen LogP contribution in [0.2, 0.25) is 0 Å². The van der Waals surface area contributed by atoms with Crippen molar-refractivity contribution < 1.29 is 10.2 Å². The van der Waals surface area contributed by atoms with Gasteiger partial charge in [-0.3, -0.25) is 0 Å². The highest BCUT2D eigenvalue weighted by Gasteiger charge is 2.19. The van der Waals surface area contributed by atoms with Crippen LogP contribution in [-0.2, 0) is 0 Å². The molecule has 0 spiro atoms. The lowest BCUT2D eigenvalue weighted by Gasteiger charge is -2.23. The second kappa shape index (κ2) is 5.58. The number of phenols is 2. The lowest BCUT2D eigenvalue weighted by molar-refractivity contribution is 0.414. The van der Waals surface area contributed by atoms with Gasteiger partial charge in [-0.05, 0) is 54.2 Å². The third-order valence-corrected chi connectivity index (χ3v) is 4.23. The van der Waals surface area contributed by atoms with Crippen LogP contribution in [0.4, 0.5) is 0 Å². The van der Waals surface area contributed by atoms with Crippen molar-refractivity contribution in [3.8, 4) is 22.6 Å². The Morgan fingerprint density at radius 1 is 0.950 bits per heavy atom. The molecule has 20 heavy (non-hydrogen) atoms. The predicted octanol–water partition coefficient (Wildman–Crippen LogP) is 4.61. The minimum absolute atomic E-state index is 0.229. The molecular formula is C18H19O2. The summed E-state index contributed by atoms with van der Waals surface area (Å²) < 4.78 is 0. The van der Waals surface area contributed by atoms with Gasteiger partial charge >= 0.3 is 0 Å². The van der Waals surface area contributed by atoms with E-state index >= 15 is 0 Å². The second-order valence-electron chi connectivity index (χ2n) is 5.55. The number of hydrogen-bond donors (Lipinski definition) is 2. The summed E-state index contributed by atoms with van der Waals surface area (Å²) in [5, 5.41) is 20.1. The number of rotatable bonds is 2. The first-order chi connectivity index (χ1) is 9.75. The molecule has 0 aromatic heterocycles. The highest BCUT2D eigenvalue weighted by Crippen LogP contribution is 2.40. The highest BCUT2D eigenvalue weighted by atomic mass is 16.3. The number of hydrogen-bond acceptors (Lipinski definition) is 2. The van der Waals surface area contributed by atoms with Crippen molar-refractivity contribution in [2.24, 2.45) is 0 Å². The van der Waals surface area contributed by atoms with Crippen molar-refractivity contribution in [3.05, 3.63) is 48.0 Å². The van der Waals surface area contributed by atoms with Gasteiger partial charge in [0, 0.05) is 5.56 Å². The average molecular weight is 267 g/mol. The Morgan fingerprint density at radius 3 is 2.50 bits per heavy atom. The molecule has 0 unspecified atom stereocenters. The van der Waals surface area contributed by atoms with Crippen LogP contribution >= 0.6 is 0 Å². The van der Waals surface area contributed by atoms with E-state index in [0.717, 1.165) is 29.5 Å². The molecular weight excluding hydrogens is 248 g/mol. The maximum absolute atomic E-state index is 10.1. The van der Waals surface area contributed by atoms with E-state index in [-0.39, 0.29) is 5.75 Å². The van der Waals surface area contributed by atoms with Crippen LogP contribution in [0.3, 0.4) is 0 Å². The first kappa shape index (κ1) is 13.0. The van der Waals surface area contributed by atoms with Crippen LogP contribution in [-0.4, -0.2) is 10.2 Å². The van der Waals surface area contributed by atoms with Crippen molar-refractivity contribution in [1.82, 2.24) is 0 Å². The first-order valence-electron chi connectivity index (χ1n) is 7.28. The summed E-state index contributed by atoms with van der Waals surface area (Å²) in [6.45, 7) is 0.